The Morgan fingerprint density at radius 1 is 1.55 bits per heavy atom. The van der Waals surface area contributed by atoms with Gasteiger partial charge < -0.3 is 19.7 Å². The summed E-state index contributed by atoms with van der Waals surface area (Å²) >= 11 is 0. The number of carbonyl (C=O) groups is 2. The van der Waals surface area contributed by atoms with Crippen molar-refractivity contribution >= 4 is 12.0 Å². The van der Waals surface area contributed by atoms with Gasteiger partial charge in [0.2, 0.25) is 0 Å². The van der Waals surface area contributed by atoms with Gasteiger partial charge in [-0.3, -0.25) is 0 Å². The largest absolute Gasteiger partial charge is 0.480 e. The van der Waals surface area contributed by atoms with E-state index in [1.807, 2.05) is 13.0 Å². The van der Waals surface area contributed by atoms with Crippen molar-refractivity contribution in [3.05, 3.63) is 24.2 Å². The predicted molar refractivity (Wildman–Crippen MR) is 72.1 cm³/mol. The third-order valence-electron chi connectivity index (χ3n) is 3.33. The molecule has 0 unspecified atom stereocenters. The summed E-state index contributed by atoms with van der Waals surface area (Å²) in [5.74, 6) is -0.289. The van der Waals surface area contributed by atoms with E-state index in [9.17, 15) is 9.59 Å². The lowest BCUT2D eigenvalue weighted by Gasteiger charge is -2.24. The maximum absolute atomic E-state index is 12.3. The first-order chi connectivity index (χ1) is 9.61. The van der Waals surface area contributed by atoms with Gasteiger partial charge in [0.25, 0.3) is 0 Å². The van der Waals surface area contributed by atoms with Crippen LogP contribution in [0, 0.1) is 0 Å². The molecule has 20 heavy (non-hydrogen) atoms. The molecule has 0 aliphatic heterocycles. The monoisotopic (exact) mass is 280 g/mol. The summed E-state index contributed by atoms with van der Waals surface area (Å²) in [5.41, 5.74) is 0. The van der Waals surface area contributed by atoms with E-state index in [4.69, 9.17) is 9.52 Å². The van der Waals surface area contributed by atoms with Crippen molar-refractivity contribution in [1.82, 2.24) is 10.2 Å². The Labute approximate surface area is 117 Å². The average Bonchev–Trinajstić information content (AvgIpc) is 3.12. The molecule has 6 nitrogen and oxygen atoms in total. The van der Waals surface area contributed by atoms with Gasteiger partial charge in [0, 0.05) is 6.04 Å². The predicted octanol–water partition coefficient (Wildman–Crippen LogP) is 2.21. The molecule has 6 heteroatoms. The van der Waals surface area contributed by atoms with Crippen LogP contribution in [0.4, 0.5) is 4.79 Å². The van der Waals surface area contributed by atoms with Crippen LogP contribution in [-0.4, -0.2) is 34.1 Å². The average molecular weight is 280 g/mol. The minimum Gasteiger partial charge on any atom is -0.480 e. The molecule has 0 spiro atoms. The number of aliphatic carboxylic acids is 1. The fraction of sp³-hybridized carbons (Fsp3) is 0.571. The Morgan fingerprint density at radius 2 is 2.30 bits per heavy atom. The van der Waals surface area contributed by atoms with E-state index in [1.54, 1.807) is 17.2 Å². The molecule has 1 aliphatic rings. The third kappa shape index (κ3) is 3.76. The molecule has 1 aliphatic carbocycles. The summed E-state index contributed by atoms with van der Waals surface area (Å²) in [4.78, 5) is 25.0. The zero-order valence-electron chi connectivity index (χ0n) is 11.5. The van der Waals surface area contributed by atoms with Crippen molar-refractivity contribution in [2.75, 3.05) is 0 Å². The normalized spacial score (nSPS) is 15.7. The lowest BCUT2D eigenvalue weighted by Crippen LogP contribution is -2.48. The highest BCUT2D eigenvalue weighted by molar-refractivity contribution is 5.82. The number of nitrogens with one attached hydrogen (secondary N) is 1. The summed E-state index contributed by atoms with van der Waals surface area (Å²) in [6.07, 6.45) is 4.62. The van der Waals surface area contributed by atoms with Gasteiger partial charge >= 0.3 is 12.0 Å². The summed E-state index contributed by atoms with van der Waals surface area (Å²) in [6, 6.07) is 2.62. The van der Waals surface area contributed by atoms with Gasteiger partial charge in [-0.05, 0) is 31.4 Å². The van der Waals surface area contributed by atoms with Crippen LogP contribution in [-0.2, 0) is 11.3 Å². The van der Waals surface area contributed by atoms with Crippen LogP contribution in [0.2, 0.25) is 0 Å². The molecular formula is C14H20N2O4. The number of hydrogen-bond acceptors (Lipinski definition) is 3. The quantitative estimate of drug-likeness (QED) is 0.802. The Morgan fingerprint density at radius 3 is 2.80 bits per heavy atom. The molecule has 0 saturated heterocycles. The van der Waals surface area contributed by atoms with Crippen LogP contribution < -0.4 is 5.32 Å². The molecule has 0 radical (unpaired) electrons. The SMILES string of the molecule is CCC[C@H](NC(=O)N(Cc1ccco1)C1CC1)C(=O)O. The molecule has 1 aromatic heterocycles. The number of carbonyl (C=O) groups excluding carboxylic acids is 1. The molecule has 1 aromatic rings. The molecular weight excluding hydrogens is 260 g/mol. The highest BCUT2D eigenvalue weighted by Gasteiger charge is 2.34. The second-order valence-electron chi connectivity index (χ2n) is 5.07. The summed E-state index contributed by atoms with van der Waals surface area (Å²) < 4.78 is 5.25. The van der Waals surface area contributed by atoms with E-state index in [-0.39, 0.29) is 12.1 Å². The molecule has 0 bridgehead atoms. The first-order valence-corrected chi connectivity index (χ1v) is 6.94. The van der Waals surface area contributed by atoms with Crippen molar-refractivity contribution in [3.8, 4) is 0 Å². The fourth-order valence-corrected chi connectivity index (χ4v) is 2.10. The molecule has 1 heterocycles. The Kier molecular flexibility index (Phi) is 4.65. The van der Waals surface area contributed by atoms with Gasteiger partial charge in [0.05, 0.1) is 12.8 Å². The zero-order valence-corrected chi connectivity index (χ0v) is 11.5. The van der Waals surface area contributed by atoms with Crippen LogP contribution in [0.1, 0.15) is 38.4 Å². The topological polar surface area (TPSA) is 82.8 Å². The minimum absolute atomic E-state index is 0.191. The molecule has 1 fully saturated rings. The van der Waals surface area contributed by atoms with E-state index in [0.717, 1.165) is 12.8 Å². The van der Waals surface area contributed by atoms with E-state index < -0.39 is 12.0 Å². The first kappa shape index (κ1) is 14.4. The Balaban J connectivity index is 1.97. The molecule has 1 atom stereocenters. The van der Waals surface area contributed by atoms with E-state index in [1.165, 1.54) is 0 Å². The summed E-state index contributed by atoms with van der Waals surface area (Å²) in [7, 11) is 0. The van der Waals surface area contributed by atoms with Crippen molar-refractivity contribution in [2.24, 2.45) is 0 Å². The van der Waals surface area contributed by atoms with Crippen molar-refractivity contribution in [1.29, 1.82) is 0 Å². The van der Waals surface area contributed by atoms with Crippen LogP contribution in [0.3, 0.4) is 0 Å². The molecule has 110 valence electrons. The smallest absolute Gasteiger partial charge is 0.326 e. The van der Waals surface area contributed by atoms with Gasteiger partial charge in [-0.1, -0.05) is 13.3 Å². The number of urea groups is 1. The van der Waals surface area contributed by atoms with E-state index in [0.29, 0.717) is 25.1 Å². The molecule has 2 amide bonds. The number of furan rings is 1. The zero-order chi connectivity index (χ0) is 14.5. The number of carboxylic acids is 1. The van der Waals surface area contributed by atoms with Gasteiger partial charge in [-0.2, -0.15) is 0 Å². The number of amides is 2. The maximum atomic E-state index is 12.3. The Hall–Kier alpha value is -1.98. The van der Waals surface area contributed by atoms with Crippen LogP contribution in [0.15, 0.2) is 22.8 Å². The highest BCUT2D eigenvalue weighted by atomic mass is 16.4. The maximum Gasteiger partial charge on any atom is 0.326 e. The fourth-order valence-electron chi connectivity index (χ4n) is 2.10. The minimum atomic E-state index is -0.992. The number of rotatable bonds is 7. The summed E-state index contributed by atoms with van der Waals surface area (Å²) in [6.45, 7) is 2.27. The molecule has 0 aromatic carbocycles. The molecule has 2 N–H and O–H groups in total. The van der Waals surface area contributed by atoms with Crippen molar-refractivity contribution in [3.63, 3.8) is 0 Å². The summed E-state index contributed by atoms with van der Waals surface area (Å²) in [5, 5.41) is 11.7. The lowest BCUT2D eigenvalue weighted by atomic mass is 10.2. The Bertz CT molecular complexity index is 454. The first-order valence-electron chi connectivity index (χ1n) is 6.94. The second kappa shape index (κ2) is 6.45. The van der Waals surface area contributed by atoms with Crippen LogP contribution >= 0.6 is 0 Å². The molecule has 1 saturated carbocycles. The third-order valence-corrected chi connectivity index (χ3v) is 3.33. The number of nitrogens with zero attached hydrogens (tertiary/aromatic N) is 1. The van der Waals surface area contributed by atoms with Crippen molar-refractivity contribution < 1.29 is 19.1 Å². The molecule has 2 rings (SSSR count). The van der Waals surface area contributed by atoms with Crippen molar-refractivity contribution in [2.45, 2.75) is 51.2 Å². The van der Waals surface area contributed by atoms with Gasteiger partial charge in [-0.25, -0.2) is 9.59 Å². The van der Waals surface area contributed by atoms with Crippen LogP contribution in [0.5, 0.6) is 0 Å². The highest BCUT2D eigenvalue weighted by Crippen LogP contribution is 2.28. The standard InChI is InChI=1S/C14H20N2O4/c1-2-4-12(13(17)18)15-14(19)16(10-6-7-10)9-11-5-3-8-20-11/h3,5,8,10,12H,2,4,6-7,9H2,1H3,(H,15,19)(H,17,18)/t12-/m0/s1. The van der Waals surface area contributed by atoms with Crippen LogP contribution in [0.25, 0.3) is 0 Å². The van der Waals surface area contributed by atoms with Gasteiger partial charge in [0.15, 0.2) is 0 Å². The van der Waals surface area contributed by atoms with E-state index >= 15 is 0 Å². The number of carboxylic acid groups (broad SMARTS) is 1. The number of hydrogen-bond donors (Lipinski definition) is 2. The van der Waals surface area contributed by atoms with Gasteiger partial charge in [-0.15, -0.1) is 0 Å². The second-order valence-corrected chi connectivity index (χ2v) is 5.07. The lowest BCUT2D eigenvalue weighted by molar-refractivity contribution is -0.139. The van der Waals surface area contributed by atoms with E-state index in [2.05, 4.69) is 5.32 Å². The van der Waals surface area contributed by atoms with Gasteiger partial charge in [0.1, 0.15) is 11.8 Å².